The van der Waals surface area contributed by atoms with Crippen LogP contribution in [0.15, 0.2) is 18.3 Å². The molecule has 0 atom stereocenters. The molecule has 15 heavy (non-hydrogen) atoms. The number of rotatable bonds is 2. The molecule has 0 saturated heterocycles. The summed E-state index contributed by atoms with van der Waals surface area (Å²) in [7, 11) is 0. The van der Waals surface area contributed by atoms with Gasteiger partial charge in [0.1, 0.15) is 0 Å². The standard InChI is InChI=1S/C10H12N4O/c1-6(2)10(15)12-9-7-4-3-5-11-8(7)13-14-9/h3-6H,1-2H3,(H2,11,12,13,14,15). The highest BCUT2D eigenvalue weighted by molar-refractivity contribution is 5.99. The zero-order valence-corrected chi connectivity index (χ0v) is 8.61. The third-order valence-electron chi connectivity index (χ3n) is 2.10. The first-order valence-electron chi connectivity index (χ1n) is 4.78. The third kappa shape index (κ3) is 1.81. The molecule has 2 rings (SSSR count). The van der Waals surface area contributed by atoms with Gasteiger partial charge in [-0.2, -0.15) is 5.10 Å². The van der Waals surface area contributed by atoms with Crippen molar-refractivity contribution in [2.45, 2.75) is 13.8 Å². The Bertz CT molecular complexity index is 489. The van der Waals surface area contributed by atoms with E-state index in [2.05, 4.69) is 20.5 Å². The first kappa shape index (κ1) is 9.64. The lowest BCUT2D eigenvalue weighted by molar-refractivity contribution is -0.118. The molecule has 78 valence electrons. The van der Waals surface area contributed by atoms with Crippen LogP contribution in [-0.2, 0) is 4.79 Å². The number of H-pyrrole nitrogens is 1. The average Bonchev–Trinajstić information content (AvgIpc) is 2.62. The van der Waals surface area contributed by atoms with Crippen LogP contribution in [0.5, 0.6) is 0 Å². The molecule has 0 aliphatic carbocycles. The summed E-state index contributed by atoms with van der Waals surface area (Å²) in [4.78, 5) is 15.6. The van der Waals surface area contributed by atoms with Gasteiger partial charge in [-0.25, -0.2) is 4.98 Å². The fraction of sp³-hybridized carbons (Fsp3) is 0.300. The number of pyridine rings is 1. The number of aromatic amines is 1. The van der Waals surface area contributed by atoms with Crippen LogP contribution in [0.25, 0.3) is 11.0 Å². The van der Waals surface area contributed by atoms with Gasteiger partial charge in [-0.1, -0.05) is 13.8 Å². The van der Waals surface area contributed by atoms with Gasteiger partial charge in [-0.05, 0) is 12.1 Å². The Morgan fingerprint density at radius 3 is 3.07 bits per heavy atom. The monoisotopic (exact) mass is 204 g/mol. The van der Waals surface area contributed by atoms with E-state index in [0.717, 1.165) is 5.39 Å². The fourth-order valence-corrected chi connectivity index (χ4v) is 1.21. The van der Waals surface area contributed by atoms with Gasteiger partial charge < -0.3 is 5.32 Å². The minimum absolute atomic E-state index is 0.0488. The van der Waals surface area contributed by atoms with Gasteiger partial charge in [0.15, 0.2) is 11.5 Å². The molecule has 0 aromatic carbocycles. The Labute approximate surface area is 86.9 Å². The summed E-state index contributed by atoms with van der Waals surface area (Å²) in [6.45, 7) is 3.67. The Hall–Kier alpha value is -1.91. The number of aromatic nitrogens is 3. The predicted octanol–water partition coefficient (Wildman–Crippen LogP) is 1.55. The molecule has 1 amide bonds. The maximum Gasteiger partial charge on any atom is 0.228 e. The fourth-order valence-electron chi connectivity index (χ4n) is 1.21. The smallest absolute Gasteiger partial charge is 0.228 e. The molecule has 2 heterocycles. The quantitative estimate of drug-likeness (QED) is 0.779. The van der Waals surface area contributed by atoms with Gasteiger partial charge in [-0.3, -0.25) is 9.89 Å². The summed E-state index contributed by atoms with van der Waals surface area (Å²) in [5.74, 6) is 0.428. The van der Waals surface area contributed by atoms with E-state index in [1.54, 1.807) is 6.20 Å². The summed E-state index contributed by atoms with van der Waals surface area (Å²) in [5, 5.41) is 10.3. The molecule has 2 N–H and O–H groups in total. The van der Waals surface area contributed by atoms with Gasteiger partial charge in [0, 0.05) is 12.1 Å². The first-order chi connectivity index (χ1) is 7.18. The number of anilines is 1. The number of nitrogens with zero attached hydrogens (tertiary/aromatic N) is 2. The molecule has 0 spiro atoms. The molecule has 2 aromatic heterocycles. The predicted molar refractivity (Wildman–Crippen MR) is 57.4 cm³/mol. The van der Waals surface area contributed by atoms with E-state index in [9.17, 15) is 4.79 Å². The minimum atomic E-state index is -0.0616. The summed E-state index contributed by atoms with van der Waals surface area (Å²) in [5.41, 5.74) is 0.677. The maximum absolute atomic E-state index is 11.5. The topological polar surface area (TPSA) is 70.7 Å². The van der Waals surface area contributed by atoms with Gasteiger partial charge in [0.2, 0.25) is 5.91 Å². The van der Waals surface area contributed by atoms with Crippen molar-refractivity contribution in [3.05, 3.63) is 18.3 Å². The lowest BCUT2D eigenvalue weighted by atomic mass is 10.2. The highest BCUT2D eigenvalue weighted by atomic mass is 16.1. The zero-order valence-electron chi connectivity index (χ0n) is 8.61. The normalized spacial score (nSPS) is 10.9. The van der Waals surface area contributed by atoms with Crippen LogP contribution in [-0.4, -0.2) is 21.1 Å². The number of amides is 1. The average molecular weight is 204 g/mol. The molecular formula is C10H12N4O. The number of nitrogens with one attached hydrogen (secondary N) is 2. The largest absolute Gasteiger partial charge is 0.308 e. The van der Waals surface area contributed by atoms with Crippen molar-refractivity contribution in [2.24, 2.45) is 5.92 Å². The Balaban J connectivity index is 2.33. The van der Waals surface area contributed by atoms with Crippen molar-refractivity contribution in [3.63, 3.8) is 0 Å². The van der Waals surface area contributed by atoms with Crippen LogP contribution < -0.4 is 5.32 Å². The maximum atomic E-state index is 11.5. The van der Waals surface area contributed by atoms with Crippen molar-refractivity contribution >= 4 is 22.8 Å². The van der Waals surface area contributed by atoms with E-state index < -0.39 is 0 Å². The molecule has 0 fully saturated rings. The van der Waals surface area contributed by atoms with E-state index in [0.29, 0.717) is 11.5 Å². The molecule has 5 nitrogen and oxygen atoms in total. The Kier molecular flexibility index (Phi) is 2.37. The Morgan fingerprint density at radius 2 is 2.33 bits per heavy atom. The first-order valence-corrected chi connectivity index (χ1v) is 4.78. The molecular weight excluding hydrogens is 192 g/mol. The Morgan fingerprint density at radius 1 is 1.53 bits per heavy atom. The number of carbonyl (C=O) groups is 1. The van der Waals surface area contributed by atoms with E-state index >= 15 is 0 Å². The third-order valence-corrected chi connectivity index (χ3v) is 2.10. The number of hydrogen-bond acceptors (Lipinski definition) is 3. The van der Waals surface area contributed by atoms with E-state index in [1.807, 2.05) is 26.0 Å². The number of carbonyl (C=O) groups excluding carboxylic acids is 1. The van der Waals surface area contributed by atoms with E-state index in [1.165, 1.54) is 0 Å². The molecule has 2 aromatic rings. The molecule has 5 heteroatoms. The molecule has 0 aliphatic heterocycles. The highest BCUT2D eigenvalue weighted by Gasteiger charge is 2.11. The second kappa shape index (κ2) is 3.68. The van der Waals surface area contributed by atoms with Crippen LogP contribution >= 0.6 is 0 Å². The summed E-state index contributed by atoms with van der Waals surface area (Å²) in [6, 6.07) is 3.67. The lowest BCUT2D eigenvalue weighted by Gasteiger charge is -2.04. The van der Waals surface area contributed by atoms with Gasteiger partial charge >= 0.3 is 0 Å². The second-order valence-corrected chi connectivity index (χ2v) is 3.62. The van der Waals surface area contributed by atoms with Gasteiger partial charge in [-0.15, -0.1) is 0 Å². The molecule has 0 saturated carbocycles. The summed E-state index contributed by atoms with van der Waals surface area (Å²) >= 11 is 0. The van der Waals surface area contributed by atoms with Crippen molar-refractivity contribution in [3.8, 4) is 0 Å². The second-order valence-electron chi connectivity index (χ2n) is 3.62. The minimum Gasteiger partial charge on any atom is -0.308 e. The van der Waals surface area contributed by atoms with Crippen LogP contribution in [0.1, 0.15) is 13.8 Å². The van der Waals surface area contributed by atoms with Crippen molar-refractivity contribution in [1.82, 2.24) is 15.2 Å². The van der Waals surface area contributed by atoms with Gasteiger partial charge in [0.25, 0.3) is 0 Å². The summed E-state index contributed by atoms with van der Waals surface area (Å²) in [6.07, 6.45) is 1.68. The van der Waals surface area contributed by atoms with E-state index in [4.69, 9.17) is 0 Å². The molecule has 0 bridgehead atoms. The van der Waals surface area contributed by atoms with Crippen LogP contribution in [0.3, 0.4) is 0 Å². The van der Waals surface area contributed by atoms with Crippen molar-refractivity contribution < 1.29 is 4.79 Å². The lowest BCUT2D eigenvalue weighted by Crippen LogP contribution is -2.18. The van der Waals surface area contributed by atoms with Crippen molar-refractivity contribution in [1.29, 1.82) is 0 Å². The van der Waals surface area contributed by atoms with Crippen LogP contribution in [0.4, 0.5) is 5.82 Å². The highest BCUT2D eigenvalue weighted by Crippen LogP contribution is 2.17. The summed E-state index contributed by atoms with van der Waals surface area (Å²) < 4.78 is 0. The molecule has 0 aliphatic rings. The molecule has 0 unspecified atom stereocenters. The van der Waals surface area contributed by atoms with Gasteiger partial charge in [0.05, 0.1) is 5.39 Å². The zero-order chi connectivity index (χ0) is 10.8. The van der Waals surface area contributed by atoms with E-state index in [-0.39, 0.29) is 11.8 Å². The SMILES string of the molecule is CC(C)C(=O)Nc1n[nH]c2ncccc12. The number of hydrogen-bond donors (Lipinski definition) is 2. The molecule has 0 radical (unpaired) electrons. The van der Waals surface area contributed by atoms with Crippen LogP contribution in [0, 0.1) is 5.92 Å². The number of fused-ring (bicyclic) bond motifs is 1. The van der Waals surface area contributed by atoms with Crippen LogP contribution in [0.2, 0.25) is 0 Å². The van der Waals surface area contributed by atoms with Crippen molar-refractivity contribution in [2.75, 3.05) is 5.32 Å².